The van der Waals surface area contributed by atoms with Crippen LogP contribution in [0, 0.1) is 5.92 Å². The molecule has 0 radical (unpaired) electrons. The van der Waals surface area contributed by atoms with Crippen LogP contribution in [0.25, 0.3) is 0 Å². The second kappa shape index (κ2) is 5.87. The maximum Gasteiger partial charge on any atom is 0.228 e. The third-order valence-corrected chi connectivity index (χ3v) is 4.40. The normalized spacial score (nSPS) is 22.9. The fourth-order valence-electron chi connectivity index (χ4n) is 3.16. The van der Waals surface area contributed by atoms with E-state index in [-0.39, 0.29) is 17.7 Å². The molecule has 3 rings (SSSR count). The smallest absolute Gasteiger partial charge is 0.228 e. The first kappa shape index (κ1) is 14.1. The van der Waals surface area contributed by atoms with Gasteiger partial charge in [-0.3, -0.25) is 14.3 Å². The molecule has 0 saturated carbocycles. The lowest BCUT2D eigenvalue weighted by Crippen LogP contribution is -2.40. The van der Waals surface area contributed by atoms with Crippen LogP contribution in [0.2, 0.25) is 0 Å². The van der Waals surface area contributed by atoms with E-state index in [1.165, 1.54) is 6.42 Å². The second-order valence-electron chi connectivity index (χ2n) is 5.85. The van der Waals surface area contributed by atoms with Crippen molar-refractivity contribution >= 4 is 17.5 Å². The van der Waals surface area contributed by atoms with E-state index in [1.54, 1.807) is 15.8 Å². The molecule has 2 aliphatic heterocycles. The molecule has 3 heterocycles. The van der Waals surface area contributed by atoms with E-state index in [2.05, 4.69) is 5.10 Å². The molecule has 2 saturated heterocycles. The number of amides is 2. The molecule has 0 unspecified atom stereocenters. The Hall–Kier alpha value is -1.85. The van der Waals surface area contributed by atoms with Crippen molar-refractivity contribution in [1.82, 2.24) is 14.7 Å². The Bertz CT molecular complexity index is 534. The van der Waals surface area contributed by atoms with Crippen molar-refractivity contribution in [3.63, 3.8) is 0 Å². The Morgan fingerprint density at radius 1 is 1.33 bits per heavy atom. The van der Waals surface area contributed by atoms with Gasteiger partial charge in [-0.1, -0.05) is 0 Å². The van der Waals surface area contributed by atoms with E-state index in [0.29, 0.717) is 13.0 Å². The van der Waals surface area contributed by atoms with Crippen LogP contribution in [0.4, 0.5) is 5.69 Å². The second-order valence-corrected chi connectivity index (χ2v) is 5.85. The van der Waals surface area contributed by atoms with Gasteiger partial charge >= 0.3 is 0 Å². The van der Waals surface area contributed by atoms with Gasteiger partial charge in [0.2, 0.25) is 11.8 Å². The number of anilines is 1. The summed E-state index contributed by atoms with van der Waals surface area (Å²) in [5.41, 5.74) is 0.802. The van der Waals surface area contributed by atoms with Gasteiger partial charge in [0.05, 0.1) is 17.8 Å². The van der Waals surface area contributed by atoms with Crippen molar-refractivity contribution < 1.29 is 9.59 Å². The van der Waals surface area contributed by atoms with Crippen molar-refractivity contribution in [3.8, 4) is 0 Å². The Labute approximate surface area is 124 Å². The lowest BCUT2D eigenvalue weighted by atomic mass is 10.0. The third kappa shape index (κ3) is 2.80. The van der Waals surface area contributed by atoms with Crippen LogP contribution < -0.4 is 4.90 Å². The van der Waals surface area contributed by atoms with Crippen molar-refractivity contribution in [3.05, 3.63) is 12.4 Å². The quantitative estimate of drug-likeness (QED) is 0.842. The Morgan fingerprint density at radius 2 is 2.10 bits per heavy atom. The predicted molar refractivity (Wildman–Crippen MR) is 78.8 cm³/mol. The third-order valence-electron chi connectivity index (χ3n) is 4.40. The first-order valence-corrected chi connectivity index (χ1v) is 7.80. The molecule has 6 nitrogen and oxygen atoms in total. The summed E-state index contributed by atoms with van der Waals surface area (Å²) in [7, 11) is 0. The van der Waals surface area contributed by atoms with Crippen molar-refractivity contribution in [1.29, 1.82) is 0 Å². The van der Waals surface area contributed by atoms with Gasteiger partial charge in [0.1, 0.15) is 0 Å². The van der Waals surface area contributed by atoms with Gasteiger partial charge in [0.25, 0.3) is 0 Å². The summed E-state index contributed by atoms with van der Waals surface area (Å²) in [6, 6.07) is 0. The highest BCUT2D eigenvalue weighted by atomic mass is 16.2. The molecular formula is C15H22N4O2. The van der Waals surface area contributed by atoms with Gasteiger partial charge < -0.3 is 9.80 Å². The Kier molecular flexibility index (Phi) is 3.94. The standard InChI is InChI=1S/C15H22N4O2/c1-2-18-11-13(9-16-18)19-10-12(8-14(19)20)15(21)17-6-4-3-5-7-17/h9,11-12H,2-8,10H2,1H3/t12-/m0/s1. The SMILES string of the molecule is CCn1cc(N2C[C@@H](C(=O)N3CCCCC3)CC2=O)cn1. The van der Waals surface area contributed by atoms with E-state index in [0.717, 1.165) is 38.2 Å². The van der Waals surface area contributed by atoms with Crippen LogP contribution in [0.5, 0.6) is 0 Å². The molecule has 2 aliphatic rings. The molecule has 114 valence electrons. The minimum absolute atomic E-state index is 0.0287. The molecule has 0 spiro atoms. The number of carbonyl (C=O) groups excluding carboxylic acids is 2. The highest BCUT2D eigenvalue weighted by Gasteiger charge is 2.37. The van der Waals surface area contributed by atoms with Crippen LogP contribution in [0.15, 0.2) is 12.4 Å². The van der Waals surface area contributed by atoms with E-state index in [1.807, 2.05) is 18.0 Å². The summed E-state index contributed by atoms with van der Waals surface area (Å²) in [6.45, 7) is 4.96. The number of hydrogen-bond acceptors (Lipinski definition) is 3. The molecule has 0 aliphatic carbocycles. The van der Waals surface area contributed by atoms with Crippen LogP contribution in [0.3, 0.4) is 0 Å². The molecule has 1 atom stereocenters. The lowest BCUT2D eigenvalue weighted by Gasteiger charge is -2.28. The lowest BCUT2D eigenvalue weighted by molar-refractivity contribution is -0.136. The van der Waals surface area contributed by atoms with Gasteiger partial charge in [-0.25, -0.2) is 0 Å². The highest BCUT2D eigenvalue weighted by molar-refractivity contribution is 6.00. The van der Waals surface area contributed by atoms with Gasteiger partial charge in [-0.15, -0.1) is 0 Å². The molecule has 2 amide bonds. The van der Waals surface area contributed by atoms with Crippen LogP contribution in [0.1, 0.15) is 32.6 Å². The van der Waals surface area contributed by atoms with E-state index < -0.39 is 0 Å². The number of aryl methyl sites for hydroxylation is 1. The van der Waals surface area contributed by atoms with Gasteiger partial charge in [-0.2, -0.15) is 5.10 Å². The number of hydrogen-bond donors (Lipinski definition) is 0. The topological polar surface area (TPSA) is 58.4 Å². The van der Waals surface area contributed by atoms with Crippen LogP contribution in [-0.2, 0) is 16.1 Å². The molecule has 6 heteroatoms. The maximum atomic E-state index is 12.5. The Morgan fingerprint density at radius 3 is 2.76 bits per heavy atom. The summed E-state index contributed by atoms with van der Waals surface area (Å²) in [5, 5.41) is 4.20. The first-order valence-electron chi connectivity index (χ1n) is 7.80. The van der Waals surface area contributed by atoms with Crippen molar-refractivity contribution in [2.75, 3.05) is 24.5 Å². The van der Waals surface area contributed by atoms with E-state index >= 15 is 0 Å². The average Bonchev–Trinajstić information content (AvgIpc) is 3.13. The average molecular weight is 290 g/mol. The molecule has 0 bridgehead atoms. The summed E-state index contributed by atoms with van der Waals surface area (Å²) < 4.78 is 1.79. The number of carbonyl (C=O) groups is 2. The van der Waals surface area contributed by atoms with Crippen molar-refractivity contribution in [2.45, 2.75) is 39.2 Å². The predicted octanol–water partition coefficient (Wildman–Crippen LogP) is 1.27. The van der Waals surface area contributed by atoms with Gasteiger partial charge in [0, 0.05) is 38.8 Å². The number of likely N-dealkylation sites (tertiary alicyclic amines) is 1. The minimum Gasteiger partial charge on any atom is -0.342 e. The van der Waals surface area contributed by atoms with Gasteiger partial charge in [-0.05, 0) is 26.2 Å². The number of piperidine rings is 1. The summed E-state index contributed by atoms with van der Waals surface area (Å²) >= 11 is 0. The number of nitrogens with zero attached hydrogens (tertiary/aromatic N) is 4. The molecule has 0 aromatic carbocycles. The number of aromatic nitrogens is 2. The molecule has 1 aromatic rings. The zero-order chi connectivity index (χ0) is 14.8. The minimum atomic E-state index is -0.194. The summed E-state index contributed by atoms with van der Waals surface area (Å²) in [5.74, 6) is -0.0185. The zero-order valence-corrected chi connectivity index (χ0v) is 12.5. The zero-order valence-electron chi connectivity index (χ0n) is 12.5. The van der Waals surface area contributed by atoms with E-state index in [4.69, 9.17) is 0 Å². The fourth-order valence-corrected chi connectivity index (χ4v) is 3.16. The molecule has 2 fully saturated rings. The molecule has 0 N–H and O–H groups in total. The fraction of sp³-hybridized carbons (Fsp3) is 0.667. The molecule has 21 heavy (non-hydrogen) atoms. The number of rotatable bonds is 3. The molecule has 1 aromatic heterocycles. The monoisotopic (exact) mass is 290 g/mol. The summed E-state index contributed by atoms with van der Waals surface area (Å²) in [6.07, 6.45) is 7.27. The van der Waals surface area contributed by atoms with Crippen LogP contribution in [-0.4, -0.2) is 46.1 Å². The molecular weight excluding hydrogens is 268 g/mol. The van der Waals surface area contributed by atoms with Crippen molar-refractivity contribution in [2.24, 2.45) is 5.92 Å². The van der Waals surface area contributed by atoms with Gasteiger partial charge in [0.15, 0.2) is 0 Å². The maximum absolute atomic E-state index is 12.5. The summed E-state index contributed by atoms with van der Waals surface area (Å²) in [4.78, 5) is 28.3. The van der Waals surface area contributed by atoms with E-state index in [9.17, 15) is 9.59 Å². The Balaban J connectivity index is 1.67. The van der Waals surface area contributed by atoms with Crippen LogP contribution >= 0.6 is 0 Å². The largest absolute Gasteiger partial charge is 0.342 e. The highest BCUT2D eigenvalue weighted by Crippen LogP contribution is 2.26. The first-order chi connectivity index (χ1) is 10.2.